The number of nitrogens with one attached hydrogen (secondary N) is 2. The summed E-state index contributed by atoms with van der Waals surface area (Å²) in [6.45, 7) is 8.33. The fourth-order valence-corrected chi connectivity index (χ4v) is 4.40. The number of nitrogens with zero attached hydrogens (tertiary/aromatic N) is 5. The van der Waals surface area contributed by atoms with Gasteiger partial charge in [0.25, 0.3) is 0 Å². The number of H-pyrrole nitrogens is 1. The van der Waals surface area contributed by atoms with E-state index in [9.17, 15) is 0 Å². The molecule has 33 heavy (non-hydrogen) atoms. The van der Waals surface area contributed by atoms with Crippen molar-refractivity contribution in [3.05, 3.63) is 54.1 Å². The minimum absolute atomic E-state index is 0.447. The number of hydrogen-bond acceptors (Lipinski definition) is 6. The molecule has 0 amide bonds. The number of aryl methyl sites for hydroxylation is 1. The fourth-order valence-electron chi connectivity index (χ4n) is 4.40. The average molecular weight is 444 g/mol. The summed E-state index contributed by atoms with van der Waals surface area (Å²) >= 11 is 0. The van der Waals surface area contributed by atoms with Gasteiger partial charge in [-0.2, -0.15) is 14.7 Å². The van der Waals surface area contributed by atoms with Crippen LogP contribution >= 0.6 is 0 Å². The number of benzene rings is 1. The van der Waals surface area contributed by atoms with Gasteiger partial charge in [-0.1, -0.05) is 32.0 Å². The van der Waals surface area contributed by atoms with Gasteiger partial charge in [-0.05, 0) is 31.9 Å². The van der Waals surface area contributed by atoms with Gasteiger partial charge in [0.1, 0.15) is 0 Å². The lowest BCUT2D eigenvalue weighted by molar-refractivity contribution is 0.0775. The van der Waals surface area contributed by atoms with Crippen LogP contribution in [0.2, 0.25) is 0 Å². The molecule has 1 aliphatic rings. The molecular formula is C25H29N7O. The number of para-hydroxylation sites is 1. The Morgan fingerprint density at radius 1 is 1.12 bits per heavy atom. The first kappa shape index (κ1) is 21.5. The van der Waals surface area contributed by atoms with Gasteiger partial charge in [0.05, 0.1) is 22.8 Å². The van der Waals surface area contributed by atoms with E-state index in [0.717, 1.165) is 76.2 Å². The zero-order valence-electron chi connectivity index (χ0n) is 19.3. The van der Waals surface area contributed by atoms with Gasteiger partial charge < -0.3 is 10.1 Å². The van der Waals surface area contributed by atoms with E-state index in [1.165, 1.54) is 0 Å². The third-order valence-electron chi connectivity index (χ3n) is 6.08. The van der Waals surface area contributed by atoms with E-state index in [0.29, 0.717) is 12.6 Å². The molecule has 0 spiro atoms. The first-order valence-corrected chi connectivity index (χ1v) is 11.7. The van der Waals surface area contributed by atoms with Gasteiger partial charge in [0.2, 0.25) is 0 Å². The Morgan fingerprint density at radius 2 is 1.94 bits per heavy atom. The fraction of sp³-hybridized carbons (Fsp3) is 0.360. The number of fused-ring (bicyclic) bond motifs is 4. The molecule has 8 heteroatoms. The average Bonchev–Trinajstić information content (AvgIpc) is 3.48. The van der Waals surface area contributed by atoms with Crippen LogP contribution in [-0.4, -0.2) is 49.0 Å². The van der Waals surface area contributed by atoms with Gasteiger partial charge in [-0.15, -0.1) is 0 Å². The van der Waals surface area contributed by atoms with Crippen LogP contribution < -0.4 is 5.32 Å². The molecule has 0 radical (unpaired) electrons. The molecule has 0 saturated carbocycles. The SMILES string of the molecule is CC.Cc1[nH]nc2c1c(CNC1CCOCC1)nc1c(-c3cnc4ccccc4c3)cnn12. The van der Waals surface area contributed by atoms with Crippen molar-refractivity contribution in [3.63, 3.8) is 0 Å². The highest BCUT2D eigenvalue weighted by atomic mass is 16.5. The molecule has 170 valence electrons. The molecule has 1 fully saturated rings. The van der Waals surface area contributed by atoms with Crippen molar-refractivity contribution >= 4 is 27.6 Å². The number of ether oxygens (including phenoxy) is 1. The van der Waals surface area contributed by atoms with E-state index >= 15 is 0 Å². The lowest BCUT2D eigenvalue weighted by atomic mass is 10.1. The predicted molar refractivity (Wildman–Crippen MR) is 130 cm³/mol. The summed E-state index contributed by atoms with van der Waals surface area (Å²) in [6.07, 6.45) is 5.79. The number of hydrogen-bond donors (Lipinski definition) is 2. The Labute approximate surface area is 192 Å². The van der Waals surface area contributed by atoms with Crippen LogP contribution in [0.1, 0.15) is 38.1 Å². The minimum atomic E-state index is 0.447. The van der Waals surface area contributed by atoms with Crippen LogP contribution in [0.3, 0.4) is 0 Å². The first-order valence-electron chi connectivity index (χ1n) is 11.7. The van der Waals surface area contributed by atoms with Crippen LogP contribution in [0.15, 0.2) is 42.7 Å². The van der Waals surface area contributed by atoms with E-state index in [1.807, 2.05) is 55.9 Å². The molecule has 1 aromatic carbocycles. The van der Waals surface area contributed by atoms with E-state index < -0.39 is 0 Å². The second-order valence-corrected chi connectivity index (χ2v) is 8.08. The molecule has 8 nitrogen and oxygen atoms in total. The van der Waals surface area contributed by atoms with Crippen molar-refractivity contribution in [1.82, 2.24) is 35.1 Å². The zero-order chi connectivity index (χ0) is 22.8. The summed E-state index contributed by atoms with van der Waals surface area (Å²) in [6, 6.07) is 10.7. The second kappa shape index (κ2) is 9.25. The molecule has 0 aliphatic carbocycles. The Hall–Kier alpha value is -3.36. The van der Waals surface area contributed by atoms with Crippen LogP contribution in [0.25, 0.3) is 38.7 Å². The topological polar surface area (TPSA) is 93.0 Å². The molecule has 1 aliphatic heterocycles. The number of aromatic nitrogens is 6. The Balaban J connectivity index is 0.00000111. The van der Waals surface area contributed by atoms with Crippen LogP contribution in [0, 0.1) is 6.92 Å². The minimum Gasteiger partial charge on any atom is -0.381 e. The Morgan fingerprint density at radius 3 is 2.79 bits per heavy atom. The standard InChI is InChI=1S/C23H23N7O.C2H6/c1-14-21-20(13-24-17-6-8-31-9-7-17)27-22-18(12-26-30(22)23(21)29-28-14)16-10-15-4-2-3-5-19(15)25-11-16;1-2/h2-5,10-12,17,24H,6-9,13H2,1H3,(H,28,29);1-2H3. The predicted octanol–water partition coefficient (Wildman–Crippen LogP) is 4.42. The van der Waals surface area contributed by atoms with Gasteiger partial charge in [0.15, 0.2) is 11.3 Å². The van der Waals surface area contributed by atoms with Crippen molar-refractivity contribution < 1.29 is 4.74 Å². The molecule has 0 unspecified atom stereocenters. The highest BCUT2D eigenvalue weighted by Gasteiger charge is 2.20. The van der Waals surface area contributed by atoms with Crippen molar-refractivity contribution in [2.24, 2.45) is 0 Å². The summed E-state index contributed by atoms with van der Waals surface area (Å²) in [4.78, 5) is 9.68. The Bertz CT molecular complexity index is 1400. The lowest BCUT2D eigenvalue weighted by Crippen LogP contribution is -2.34. The van der Waals surface area contributed by atoms with Crippen LogP contribution in [0.4, 0.5) is 0 Å². The maximum absolute atomic E-state index is 5.48. The summed E-state index contributed by atoms with van der Waals surface area (Å²) in [5, 5.41) is 18.0. The largest absolute Gasteiger partial charge is 0.381 e. The van der Waals surface area contributed by atoms with Crippen molar-refractivity contribution in [3.8, 4) is 11.1 Å². The van der Waals surface area contributed by atoms with Crippen molar-refractivity contribution in [1.29, 1.82) is 0 Å². The smallest absolute Gasteiger partial charge is 0.186 e. The van der Waals surface area contributed by atoms with E-state index in [2.05, 4.69) is 37.7 Å². The van der Waals surface area contributed by atoms with Crippen molar-refractivity contribution in [2.45, 2.75) is 46.2 Å². The molecule has 1 saturated heterocycles. The molecule has 5 aromatic rings. The van der Waals surface area contributed by atoms with Crippen LogP contribution in [-0.2, 0) is 11.3 Å². The first-order chi connectivity index (χ1) is 16.3. The van der Waals surface area contributed by atoms with E-state index in [1.54, 1.807) is 0 Å². The normalized spacial score (nSPS) is 14.6. The van der Waals surface area contributed by atoms with Gasteiger partial charge in [0, 0.05) is 54.2 Å². The summed E-state index contributed by atoms with van der Waals surface area (Å²) in [7, 11) is 0. The monoisotopic (exact) mass is 443 g/mol. The third-order valence-corrected chi connectivity index (χ3v) is 6.08. The molecule has 0 atom stereocenters. The quantitative estimate of drug-likeness (QED) is 0.427. The molecule has 5 heterocycles. The Kier molecular flexibility index (Phi) is 6.02. The maximum atomic E-state index is 5.48. The van der Waals surface area contributed by atoms with Gasteiger partial charge >= 0.3 is 0 Å². The zero-order valence-corrected chi connectivity index (χ0v) is 19.3. The van der Waals surface area contributed by atoms with E-state index in [4.69, 9.17) is 9.72 Å². The maximum Gasteiger partial charge on any atom is 0.186 e. The van der Waals surface area contributed by atoms with Crippen molar-refractivity contribution in [2.75, 3.05) is 13.2 Å². The number of pyridine rings is 1. The molecule has 4 aromatic heterocycles. The molecular weight excluding hydrogens is 414 g/mol. The highest BCUT2D eigenvalue weighted by molar-refractivity contribution is 5.90. The summed E-state index contributed by atoms with van der Waals surface area (Å²) < 4.78 is 7.30. The highest BCUT2D eigenvalue weighted by Crippen LogP contribution is 2.29. The van der Waals surface area contributed by atoms with Crippen LogP contribution in [0.5, 0.6) is 0 Å². The van der Waals surface area contributed by atoms with E-state index in [-0.39, 0.29) is 0 Å². The molecule has 0 bridgehead atoms. The molecule has 2 N–H and O–H groups in total. The second-order valence-electron chi connectivity index (χ2n) is 8.08. The lowest BCUT2D eigenvalue weighted by Gasteiger charge is -2.23. The van der Waals surface area contributed by atoms with Gasteiger partial charge in [-0.3, -0.25) is 10.1 Å². The number of aromatic amines is 1. The summed E-state index contributed by atoms with van der Waals surface area (Å²) in [5.74, 6) is 0. The molecule has 6 rings (SSSR count). The van der Waals surface area contributed by atoms with Gasteiger partial charge in [-0.25, -0.2) is 4.98 Å². The summed E-state index contributed by atoms with van der Waals surface area (Å²) in [5.41, 5.74) is 6.49. The third kappa shape index (κ3) is 3.96. The number of rotatable bonds is 4.